The molecular formula is C11H10N2O3. The molecule has 2 atom stereocenters. The molecule has 1 N–H and O–H groups in total. The Bertz CT molecular complexity index is 453. The van der Waals surface area contributed by atoms with Crippen molar-refractivity contribution < 1.29 is 9.72 Å². The fraction of sp³-hybridized carbons (Fsp3) is 0.182. The summed E-state index contributed by atoms with van der Waals surface area (Å²) in [6, 6.07) is 6.06. The summed E-state index contributed by atoms with van der Waals surface area (Å²) in [5.41, 5.74) is 0.902. The summed E-state index contributed by atoms with van der Waals surface area (Å²) in [5, 5.41) is 13.2. The fourth-order valence-corrected chi connectivity index (χ4v) is 1.73. The van der Waals surface area contributed by atoms with Gasteiger partial charge in [-0.3, -0.25) is 14.9 Å². The van der Waals surface area contributed by atoms with Gasteiger partial charge in [-0.2, -0.15) is 0 Å². The molecule has 1 amide bonds. The third-order valence-corrected chi connectivity index (χ3v) is 2.68. The highest BCUT2D eigenvalue weighted by molar-refractivity contribution is 5.88. The molecule has 1 saturated heterocycles. The minimum absolute atomic E-state index is 0.0459. The van der Waals surface area contributed by atoms with Crippen molar-refractivity contribution in [1.82, 2.24) is 5.32 Å². The van der Waals surface area contributed by atoms with Crippen molar-refractivity contribution in [3.05, 3.63) is 52.6 Å². The van der Waals surface area contributed by atoms with Gasteiger partial charge < -0.3 is 5.32 Å². The van der Waals surface area contributed by atoms with Crippen LogP contribution < -0.4 is 5.32 Å². The highest BCUT2D eigenvalue weighted by atomic mass is 16.6. The monoisotopic (exact) mass is 218 g/mol. The average molecular weight is 218 g/mol. The summed E-state index contributed by atoms with van der Waals surface area (Å²) in [4.78, 5) is 21.1. The van der Waals surface area contributed by atoms with E-state index in [1.807, 2.05) is 0 Å². The van der Waals surface area contributed by atoms with Crippen molar-refractivity contribution in [3.8, 4) is 0 Å². The number of amides is 1. The minimum Gasteiger partial charge on any atom is -0.348 e. The summed E-state index contributed by atoms with van der Waals surface area (Å²) >= 11 is 0. The zero-order valence-corrected chi connectivity index (χ0v) is 8.42. The van der Waals surface area contributed by atoms with Crippen LogP contribution in [0, 0.1) is 16.0 Å². The van der Waals surface area contributed by atoms with Crippen molar-refractivity contribution >= 4 is 11.6 Å². The first-order valence-electron chi connectivity index (χ1n) is 4.81. The van der Waals surface area contributed by atoms with Gasteiger partial charge in [-0.15, -0.1) is 6.58 Å². The van der Waals surface area contributed by atoms with E-state index in [4.69, 9.17) is 0 Å². The predicted octanol–water partition coefficient (Wildman–Crippen LogP) is 1.57. The molecule has 1 aromatic rings. The molecule has 5 nitrogen and oxygen atoms in total. The first kappa shape index (κ1) is 10.4. The zero-order valence-electron chi connectivity index (χ0n) is 8.42. The lowest BCUT2D eigenvalue weighted by atomic mass is 9.85. The highest BCUT2D eigenvalue weighted by Gasteiger charge is 2.37. The van der Waals surface area contributed by atoms with Crippen LogP contribution in [0.5, 0.6) is 0 Å². The summed E-state index contributed by atoms with van der Waals surface area (Å²) in [6.07, 6.45) is 1.59. The maximum Gasteiger partial charge on any atom is 0.269 e. The molecule has 2 rings (SSSR count). The van der Waals surface area contributed by atoms with Crippen molar-refractivity contribution in [2.24, 2.45) is 5.92 Å². The van der Waals surface area contributed by atoms with Gasteiger partial charge >= 0.3 is 0 Å². The summed E-state index contributed by atoms with van der Waals surface area (Å²) in [6.45, 7) is 3.59. The highest BCUT2D eigenvalue weighted by Crippen LogP contribution is 2.31. The van der Waals surface area contributed by atoms with Crippen molar-refractivity contribution in [1.29, 1.82) is 0 Å². The second kappa shape index (κ2) is 3.77. The molecule has 1 fully saturated rings. The number of hydrogen-bond acceptors (Lipinski definition) is 3. The van der Waals surface area contributed by atoms with Crippen LogP contribution in [-0.4, -0.2) is 10.8 Å². The quantitative estimate of drug-likeness (QED) is 0.362. The van der Waals surface area contributed by atoms with E-state index in [-0.39, 0.29) is 23.6 Å². The van der Waals surface area contributed by atoms with Gasteiger partial charge in [-0.25, -0.2) is 0 Å². The number of benzene rings is 1. The standard InChI is InChI=1S/C11H10N2O3/c1-2-9-10(12-11(9)14)7-3-5-8(6-4-7)13(15)16/h2-6,9-10H,1H2,(H,12,14). The Labute approximate surface area is 91.9 Å². The van der Waals surface area contributed by atoms with E-state index >= 15 is 0 Å². The van der Waals surface area contributed by atoms with Crippen LogP contribution in [0.3, 0.4) is 0 Å². The van der Waals surface area contributed by atoms with Crippen molar-refractivity contribution in [2.45, 2.75) is 6.04 Å². The maximum atomic E-state index is 11.1. The zero-order chi connectivity index (χ0) is 11.7. The minimum atomic E-state index is -0.450. The van der Waals surface area contributed by atoms with Crippen LogP contribution in [0.25, 0.3) is 0 Å². The van der Waals surface area contributed by atoms with Crippen LogP contribution in [0.1, 0.15) is 11.6 Å². The van der Waals surface area contributed by atoms with Gasteiger partial charge in [-0.05, 0) is 5.56 Å². The lowest BCUT2D eigenvalue weighted by molar-refractivity contribution is -0.384. The average Bonchev–Trinajstić information content (AvgIpc) is 2.26. The Morgan fingerprint density at radius 2 is 2.00 bits per heavy atom. The SMILES string of the molecule is C=CC1C(=O)NC1c1ccc([N+](=O)[O-])cc1. The number of carbonyl (C=O) groups is 1. The first-order valence-corrected chi connectivity index (χ1v) is 4.81. The van der Waals surface area contributed by atoms with E-state index in [9.17, 15) is 14.9 Å². The van der Waals surface area contributed by atoms with Gasteiger partial charge in [0.1, 0.15) is 0 Å². The lowest BCUT2D eigenvalue weighted by Crippen LogP contribution is -2.50. The number of nitrogens with zero attached hydrogens (tertiary/aromatic N) is 1. The van der Waals surface area contributed by atoms with Gasteiger partial charge in [0.15, 0.2) is 0 Å². The molecule has 1 aromatic carbocycles. The second-order valence-corrected chi connectivity index (χ2v) is 3.60. The molecule has 0 aromatic heterocycles. The molecule has 2 unspecified atom stereocenters. The molecule has 0 bridgehead atoms. The summed E-state index contributed by atoms with van der Waals surface area (Å²) in [5.74, 6) is -0.292. The van der Waals surface area contributed by atoms with Crippen LogP contribution in [0.2, 0.25) is 0 Å². The van der Waals surface area contributed by atoms with Crippen molar-refractivity contribution in [3.63, 3.8) is 0 Å². The lowest BCUT2D eigenvalue weighted by Gasteiger charge is -2.35. The number of β-lactam (4-membered cyclic amide) rings is 1. The van der Waals surface area contributed by atoms with Crippen LogP contribution in [-0.2, 0) is 4.79 Å². The third kappa shape index (κ3) is 1.56. The molecule has 0 radical (unpaired) electrons. The molecule has 5 heteroatoms. The Kier molecular flexibility index (Phi) is 2.44. The normalized spacial score (nSPS) is 23.1. The maximum absolute atomic E-state index is 11.1. The Balaban J connectivity index is 2.20. The molecule has 0 saturated carbocycles. The molecule has 1 aliphatic rings. The van der Waals surface area contributed by atoms with Gasteiger partial charge in [0, 0.05) is 12.1 Å². The number of nitro groups is 1. The molecular weight excluding hydrogens is 208 g/mol. The van der Waals surface area contributed by atoms with E-state index < -0.39 is 4.92 Å². The number of hydrogen-bond donors (Lipinski definition) is 1. The van der Waals surface area contributed by atoms with Gasteiger partial charge in [0.25, 0.3) is 5.69 Å². The van der Waals surface area contributed by atoms with E-state index in [0.29, 0.717) is 0 Å². The largest absolute Gasteiger partial charge is 0.348 e. The number of rotatable bonds is 3. The van der Waals surface area contributed by atoms with Gasteiger partial charge in [0.05, 0.1) is 16.9 Å². The molecule has 82 valence electrons. The Hall–Kier alpha value is -2.17. The molecule has 0 aliphatic carbocycles. The summed E-state index contributed by atoms with van der Waals surface area (Å²) < 4.78 is 0. The van der Waals surface area contributed by atoms with Gasteiger partial charge in [-0.1, -0.05) is 18.2 Å². The topological polar surface area (TPSA) is 72.2 Å². The smallest absolute Gasteiger partial charge is 0.269 e. The molecule has 1 heterocycles. The predicted molar refractivity (Wildman–Crippen MR) is 57.7 cm³/mol. The van der Waals surface area contributed by atoms with Crippen LogP contribution in [0.4, 0.5) is 5.69 Å². The first-order chi connectivity index (χ1) is 7.63. The van der Waals surface area contributed by atoms with Crippen LogP contribution >= 0.6 is 0 Å². The fourth-order valence-electron chi connectivity index (χ4n) is 1.73. The van der Waals surface area contributed by atoms with E-state index in [1.54, 1.807) is 18.2 Å². The van der Waals surface area contributed by atoms with Gasteiger partial charge in [0.2, 0.25) is 5.91 Å². The summed E-state index contributed by atoms with van der Waals surface area (Å²) in [7, 11) is 0. The van der Waals surface area contributed by atoms with E-state index in [0.717, 1.165) is 5.56 Å². The number of non-ortho nitro benzene ring substituents is 1. The van der Waals surface area contributed by atoms with Crippen LogP contribution in [0.15, 0.2) is 36.9 Å². The second-order valence-electron chi connectivity index (χ2n) is 3.60. The van der Waals surface area contributed by atoms with E-state index in [2.05, 4.69) is 11.9 Å². The number of nitro benzene ring substituents is 1. The van der Waals surface area contributed by atoms with E-state index in [1.165, 1.54) is 12.1 Å². The molecule has 16 heavy (non-hydrogen) atoms. The molecule has 1 aliphatic heterocycles. The Morgan fingerprint density at radius 1 is 1.38 bits per heavy atom. The van der Waals surface area contributed by atoms with Crippen molar-refractivity contribution in [2.75, 3.05) is 0 Å². The number of nitrogens with one attached hydrogen (secondary N) is 1. The Morgan fingerprint density at radius 3 is 2.44 bits per heavy atom. The molecule has 0 spiro atoms. The third-order valence-electron chi connectivity index (χ3n) is 2.68. The number of carbonyl (C=O) groups excluding carboxylic acids is 1.